The van der Waals surface area contributed by atoms with Gasteiger partial charge in [-0.05, 0) is 25.0 Å². The number of imidazole rings is 1. The SMILES string of the molecule is c1cc(-c2cnc(CCNC3CC3)[nH]2)ccn1. The van der Waals surface area contributed by atoms with Crippen molar-refractivity contribution in [3.05, 3.63) is 36.5 Å². The first kappa shape index (κ1) is 10.5. The van der Waals surface area contributed by atoms with Gasteiger partial charge in [-0.3, -0.25) is 4.98 Å². The lowest BCUT2D eigenvalue weighted by molar-refractivity contribution is 0.669. The molecular formula is C13H16N4. The number of H-pyrrole nitrogens is 1. The highest BCUT2D eigenvalue weighted by atomic mass is 15.0. The zero-order valence-corrected chi connectivity index (χ0v) is 9.69. The zero-order valence-electron chi connectivity index (χ0n) is 9.69. The normalized spacial score (nSPS) is 15.1. The van der Waals surface area contributed by atoms with Gasteiger partial charge in [-0.25, -0.2) is 4.98 Å². The minimum atomic E-state index is 0.768. The van der Waals surface area contributed by atoms with E-state index in [-0.39, 0.29) is 0 Å². The summed E-state index contributed by atoms with van der Waals surface area (Å²) >= 11 is 0. The third kappa shape index (κ3) is 2.71. The number of rotatable bonds is 5. The molecule has 3 rings (SSSR count). The molecule has 2 heterocycles. The zero-order chi connectivity index (χ0) is 11.5. The summed E-state index contributed by atoms with van der Waals surface area (Å²) in [5.74, 6) is 1.05. The van der Waals surface area contributed by atoms with Crippen LogP contribution in [0.5, 0.6) is 0 Å². The summed E-state index contributed by atoms with van der Waals surface area (Å²) in [6, 6.07) is 4.74. The third-order valence-electron chi connectivity index (χ3n) is 2.99. The topological polar surface area (TPSA) is 53.6 Å². The molecular weight excluding hydrogens is 212 g/mol. The molecule has 17 heavy (non-hydrogen) atoms. The first-order chi connectivity index (χ1) is 8.42. The molecule has 2 N–H and O–H groups in total. The van der Waals surface area contributed by atoms with Crippen LogP contribution in [0, 0.1) is 0 Å². The predicted octanol–water partition coefficient (Wildman–Crippen LogP) is 1.77. The average Bonchev–Trinajstić information content (AvgIpc) is 3.07. The Bertz CT molecular complexity index is 473. The molecule has 0 unspecified atom stereocenters. The Morgan fingerprint density at radius 1 is 1.29 bits per heavy atom. The number of hydrogen-bond acceptors (Lipinski definition) is 3. The average molecular weight is 228 g/mol. The molecule has 0 bridgehead atoms. The second kappa shape index (κ2) is 4.67. The highest BCUT2D eigenvalue weighted by Crippen LogP contribution is 2.18. The Labute approximate surface area is 101 Å². The molecule has 1 fully saturated rings. The van der Waals surface area contributed by atoms with E-state index >= 15 is 0 Å². The first-order valence-electron chi connectivity index (χ1n) is 6.09. The lowest BCUT2D eigenvalue weighted by Crippen LogP contribution is -2.19. The number of aromatic nitrogens is 3. The number of pyridine rings is 1. The number of aromatic amines is 1. The molecule has 0 radical (unpaired) electrons. The summed E-state index contributed by atoms with van der Waals surface area (Å²) in [6.45, 7) is 1.01. The van der Waals surface area contributed by atoms with E-state index < -0.39 is 0 Å². The Kier molecular flexibility index (Phi) is 2.88. The fourth-order valence-electron chi connectivity index (χ4n) is 1.85. The van der Waals surface area contributed by atoms with Gasteiger partial charge in [-0.2, -0.15) is 0 Å². The van der Waals surface area contributed by atoms with Crippen LogP contribution in [0.1, 0.15) is 18.7 Å². The van der Waals surface area contributed by atoms with Gasteiger partial charge in [0.2, 0.25) is 0 Å². The van der Waals surface area contributed by atoms with Crippen molar-refractivity contribution in [2.45, 2.75) is 25.3 Å². The molecule has 0 spiro atoms. The fraction of sp³-hybridized carbons (Fsp3) is 0.385. The minimum absolute atomic E-state index is 0.768. The Balaban J connectivity index is 1.61. The molecule has 4 nitrogen and oxygen atoms in total. The standard InChI is InChI=1S/C13H16N4/c1-2-11(1)15-8-5-13-16-9-12(17-13)10-3-6-14-7-4-10/h3-4,6-7,9,11,15H,1-2,5,8H2,(H,16,17). The van der Waals surface area contributed by atoms with E-state index in [0.717, 1.165) is 36.1 Å². The van der Waals surface area contributed by atoms with Crippen molar-refractivity contribution >= 4 is 0 Å². The van der Waals surface area contributed by atoms with Crippen LogP contribution in [-0.2, 0) is 6.42 Å². The van der Waals surface area contributed by atoms with Crippen LogP contribution in [0.3, 0.4) is 0 Å². The van der Waals surface area contributed by atoms with Crippen LogP contribution < -0.4 is 5.32 Å². The molecule has 88 valence electrons. The van der Waals surface area contributed by atoms with Crippen LogP contribution in [0.25, 0.3) is 11.3 Å². The van der Waals surface area contributed by atoms with Gasteiger partial charge in [0.25, 0.3) is 0 Å². The van der Waals surface area contributed by atoms with Crippen molar-refractivity contribution in [1.29, 1.82) is 0 Å². The largest absolute Gasteiger partial charge is 0.342 e. The van der Waals surface area contributed by atoms with E-state index in [9.17, 15) is 0 Å². The van der Waals surface area contributed by atoms with Crippen LogP contribution >= 0.6 is 0 Å². The van der Waals surface area contributed by atoms with Crippen molar-refractivity contribution in [3.63, 3.8) is 0 Å². The summed E-state index contributed by atoms with van der Waals surface area (Å²) < 4.78 is 0. The first-order valence-corrected chi connectivity index (χ1v) is 6.09. The van der Waals surface area contributed by atoms with Crippen molar-refractivity contribution in [2.75, 3.05) is 6.54 Å². The highest BCUT2D eigenvalue weighted by Gasteiger charge is 2.19. The number of nitrogens with zero attached hydrogens (tertiary/aromatic N) is 2. The van der Waals surface area contributed by atoms with Crippen molar-refractivity contribution < 1.29 is 0 Å². The lowest BCUT2D eigenvalue weighted by Gasteiger charge is -1.99. The van der Waals surface area contributed by atoms with E-state index in [2.05, 4.69) is 20.3 Å². The van der Waals surface area contributed by atoms with E-state index in [0.29, 0.717) is 0 Å². The molecule has 0 atom stereocenters. The molecule has 0 aromatic carbocycles. The van der Waals surface area contributed by atoms with Crippen molar-refractivity contribution in [1.82, 2.24) is 20.3 Å². The monoisotopic (exact) mass is 228 g/mol. The van der Waals surface area contributed by atoms with Crippen molar-refractivity contribution in [2.24, 2.45) is 0 Å². The third-order valence-corrected chi connectivity index (χ3v) is 2.99. The Hall–Kier alpha value is -1.68. The van der Waals surface area contributed by atoms with Crippen LogP contribution in [-0.4, -0.2) is 27.5 Å². The smallest absolute Gasteiger partial charge is 0.107 e. The Morgan fingerprint density at radius 2 is 2.12 bits per heavy atom. The van der Waals surface area contributed by atoms with Crippen LogP contribution in [0.2, 0.25) is 0 Å². The van der Waals surface area contributed by atoms with E-state index in [4.69, 9.17) is 0 Å². The number of nitrogens with one attached hydrogen (secondary N) is 2. The van der Waals surface area contributed by atoms with E-state index in [1.165, 1.54) is 12.8 Å². The lowest BCUT2D eigenvalue weighted by atomic mass is 10.2. The summed E-state index contributed by atoms with van der Waals surface area (Å²) in [7, 11) is 0. The molecule has 4 heteroatoms. The van der Waals surface area contributed by atoms with Gasteiger partial charge < -0.3 is 10.3 Å². The quantitative estimate of drug-likeness (QED) is 0.820. The summed E-state index contributed by atoms with van der Waals surface area (Å²) in [6.07, 6.45) is 9.11. The van der Waals surface area contributed by atoms with Gasteiger partial charge in [-0.15, -0.1) is 0 Å². The molecule has 0 aliphatic heterocycles. The van der Waals surface area contributed by atoms with E-state index in [1.807, 2.05) is 18.3 Å². The predicted molar refractivity (Wildman–Crippen MR) is 66.5 cm³/mol. The molecule has 1 saturated carbocycles. The minimum Gasteiger partial charge on any atom is -0.342 e. The molecule has 2 aromatic heterocycles. The maximum atomic E-state index is 4.39. The Morgan fingerprint density at radius 3 is 2.88 bits per heavy atom. The summed E-state index contributed by atoms with van der Waals surface area (Å²) in [5, 5.41) is 3.48. The van der Waals surface area contributed by atoms with Gasteiger partial charge in [0.15, 0.2) is 0 Å². The van der Waals surface area contributed by atoms with Gasteiger partial charge >= 0.3 is 0 Å². The highest BCUT2D eigenvalue weighted by molar-refractivity contribution is 5.57. The van der Waals surface area contributed by atoms with Gasteiger partial charge in [0.1, 0.15) is 5.82 Å². The molecule has 1 aliphatic rings. The second-order valence-corrected chi connectivity index (χ2v) is 4.46. The van der Waals surface area contributed by atoms with Gasteiger partial charge in [-0.1, -0.05) is 0 Å². The molecule has 2 aromatic rings. The van der Waals surface area contributed by atoms with Gasteiger partial charge in [0, 0.05) is 37.0 Å². The molecule has 0 saturated heterocycles. The maximum Gasteiger partial charge on any atom is 0.107 e. The van der Waals surface area contributed by atoms with Gasteiger partial charge in [0.05, 0.1) is 11.9 Å². The van der Waals surface area contributed by atoms with Crippen molar-refractivity contribution in [3.8, 4) is 11.3 Å². The molecule has 0 amide bonds. The van der Waals surface area contributed by atoms with Crippen LogP contribution in [0.15, 0.2) is 30.7 Å². The van der Waals surface area contributed by atoms with Crippen LogP contribution in [0.4, 0.5) is 0 Å². The summed E-state index contributed by atoms with van der Waals surface area (Å²) in [5.41, 5.74) is 2.20. The fourth-order valence-corrected chi connectivity index (χ4v) is 1.85. The number of hydrogen-bond donors (Lipinski definition) is 2. The molecule has 1 aliphatic carbocycles. The summed E-state index contributed by atoms with van der Waals surface area (Å²) in [4.78, 5) is 11.7. The second-order valence-electron chi connectivity index (χ2n) is 4.46. The maximum absolute atomic E-state index is 4.39. The van der Waals surface area contributed by atoms with E-state index in [1.54, 1.807) is 12.4 Å².